The average molecular weight is 397 g/mol. The molecule has 0 aromatic heterocycles. The van der Waals surface area contributed by atoms with E-state index in [1.807, 2.05) is 0 Å². The molecular weight excluding hydrogens is 380 g/mol. The molecule has 5 nitrogen and oxygen atoms in total. The lowest BCUT2D eigenvalue weighted by Gasteiger charge is -2.35. The van der Waals surface area contributed by atoms with E-state index in [-0.39, 0.29) is 23.7 Å². The lowest BCUT2D eigenvalue weighted by Crippen LogP contribution is -2.51. The first-order valence-corrected chi connectivity index (χ1v) is 9.79. The molecule has 2 aromatic rings. The van der Waals surface area contributed by atoms with Gasteiger partial charge in [-0.3, -0.25) is 0 Å². The molecule has 1 heterocycles. The predicted molar refractivity (Wildman–Crippen MR) is 99.4 cm³/mol. The normalized spacial score (nSPS) is 15.7. The number of thiocarbonyl (C=S) groups is 1. The summed E-state index contributed by atoms with van der Waals surface area (Å²) in [6.45, 7) is 1.12. The molecule has 3 rings (SSSR count). The smallest absolute Gasteiger partial charge is 0.243 e. The molecule has 9 heteroatoms. The van der Waals surface area contributed by atoms with Crippen molar-refractivity contribution in [2.24, 2.45) is 0 Å². The largest absolute Gasteiger partial charge is 0.346 e. The van der Waals surface area contributed by atoms with Crippen molar-refractivity contribution in [1.29, 1.82) is 0 Å². The van der Waals surface area contributed by atoms with E-state index in [0.717, 1.165) is 6.07 Å². The summed E-state index contributed by atoms with van der Waals surface area (Å²) in [5.74, 6) is -1.01. The van der Waals surface area contributed by atoms with Crippen LogP contribution in [0.4, 0.5) is 14.5 Å². The predicted octanol–water partition coefficient (Wildman–Crippen LogP) is 2.67. The Balaban J connectivity index is 1.64. The number of para-hydroxylation sites is 1. The van der Waals surface area contributed by atoms with E-state index in [1.165, 1.54) is 28.6 Å². The van der Waals surface area contributed by atoms with Gasteiger partial charge in [-0.15, -0.1) is 0 Å². The maximum Gasteiger partial charge on any atom is 0.243 e. The molecule has 1 N–H and O–H groups in total. The summed E-state index contributed by atoms with van der Waals surface area (Å²) in [5.41, 5.74) is 0.271. The molecular formula is C17H17F2N3O2S2. The number of rotatable bonds is 3. The summed E-state index contributed by atoms with van der Waals surface area (Å²) >= 11 is 5.29. The van der Waals surface area contributed by atoms with E-state index in [0.29, 0.717) is 18.2 Å². The molecule has 0 amide bonds. The van der Waals surface area contributed by atoms with Gasteiger partial charge < -0.3 is 10.2 Å². The number of piperazine rings is 1. The summed E-state index contributed by atoms with van der Waals surface area (Å²) in [6.07, 6.45) is 0. The van der Waals surface area contributed by atoms with E-state index >= 15 is 0 Å². The molecule has 0 atom stereocenters. The highest BCUT2D eigenvalue weighted by atomic mass is 32.2. The number of hydrogen-bond acceptors (Lipinski definition) is 3. The zero-order valence-corrected chi connectivity index (χ0v) is 15.4. The minimum atomic E-state index is -3.76. The minimum Gasteiger partial charge on any atom is -0.346 e. The number of halogens is 2. The van der Waals surface area contributed by atoms with Crippen LogP contribution < -0.4 is 5.32 Å². The number of nitrogens with zero attached hydrogens (tertiary/aromatic N) is 2. The van der Waals surface area contributed by atoms with Crippen molar-refractivity contribution in [3.63, 3.8) is 0 Å². The van der Waals surface area contributed by atoms with E-state index in [4.69, 9.17) is 12.2 Å². The van der Waals surface area contributed by atoms with Crippen molar-refractivity contribution in [1.82, 2.24) is 9.21 Å². The van der Waals surface area contributed by atoms with Crippen molar-refractivity contribution in [2.75, 3.05) is 31.5 Å². The van der Waals surface area contributed by atoms with E-state index in [1.54, 1.807) is 23.1 Å². The fourth-order valence-corrected chi connectivity index (χ4v) is 4.41. The van der Waals surface area contributed by atoms with E-state index in [9.17, 15) is 17.2 Å². The van der Waals surface area contributed by atoms with E-state index < -0.39 is 21.7 Å². The SMILES string of the molecule is O=S(=O)(c1cccc(F)c1)N1CCN(C(=S)Nc2ccccc2F)CC1. The van der Waals surface area contributed by atoms with Crippen LogP contribution in [0.1, 0.15) is 0 Å². The lowest BCUT2D eigenvalue weighted by molar-refractivity contribution is 0.268. The number of benzene rings is 2. The maximum atomic E-state index is 13.7. The molecule has 1 fully saturated rings. The van der Waals surface area contributed by atoms with Crippen molar-refractivity contribution < 1.29 is 17.2 Å². The summed E-state index contributed by atoms with van der Waals surface area (Å²) < 4.78 is 53.5. The third kappa shape index (κ3) is 4.00. The van der Waals surface area contributed by atoms with Gasteiger partial charge in [-0.1, -0.05) is 18.2 Å². The second-order valence-corrected chi connectivity index (χ2v) is 8.08. The van der Waals surface area contributed by atoms with Crippen LogP contribution >= 0.6 is 12.2 Å². The molecule has 0 radical (unpaired) electrons. The summed E-state index contributed by atoms with van der Waals surface area (Å²) in [5, 5.41) is 3.17. The Hall–Kier alpha value is -2.10. The van der Waals surface area contributed by atoms with Crippen LogP contribution in [-0.4, -0.2) is 48.9 Å². The van der Waals surface area contributed by atoms with Gasteiger partial charge in [0.15, 0.2) is 5.11 Å². The maximum absolute atomic E-state index is 13.7. The Morgan fingerprint density at radius 3 is 2.35 bits per heavy atom. The van der Waals surface area contributed by atoms with Crippen LogP contribution in [0.5, 0.6) is 0 Å². The van der Waals surface area contributed by atoms with Crippen LogP contribution in [0.3, 0.4) is 0 Å². The summed E-state index contributed by atoms with van der Waals surface area (Å²) in [7, 11) is -3.76. The molecule has 0 bridgehead atoms. The van der Waals surface area contributed by atoms with Gasteiger partial charge in [0.25, 0.3) is 0 Å². The Morgan fingerprint density at radius 1 is 1.00 bits per heavy atom. The van der Waals surface area contributed by atoms with Crippen LogP contribution in [-0.2, 0) is 10.0 Å². The zero-order valence-electron chi connectivity index (χ0n) is 13.7. The van der Waals surface area contributed by atoms with Crippen LogP contribution in [0.2, 0.25) is 0 Å². The van der Waals surface area contributed by atoms with Crippen molar-refractivity contribution >= 4 is 33.0 Å². The van der Waals surface area contributed by atoms with Crippen LogP contribution in [0.25, 0.3) is 0 Å². The molecule has 2 aromatic carbocycles. The van der Waals surface area contributed by atoms with Crippen molar-refractivity contribution in [3.05, 3.63) is 60.2 Å². The lowest BCUT2D eigenvalue weighted by atomic mass is 10.3. The molecule has 1 saturated heterocycles. The molecule has 1 aliphatic heterocycles. The van der Waals surface area contributed by atoms with Crippen LogP contribution in [0.15, 0.2) is 53.4 Å². The molecule has 0 saturated carbocycles. The first-order valence-electron chi connectivity index (χ1n) is 7.94. The molecule has 1 aliphatic rings. The van der Waals surface area contributed by atoms with Crippen LogP contribution in [0, 0.1) is 11.6 Å². The fraction of sp³-hybridized carbons (Fsp3) is 0.235. The monoisotopic (exact) mass is 397 g/mol. The van der Waals surface area contributed by atoms with Crippen molar-refractivity contribution in [3.8, 4) is 0 Å². The Labute approximate surface area is 156 Å². The molecule has 0 aliphatic carbocycles. The number of nitrogens with one attached hydrogen (secondary N) is 1. The number of anilines is 1. The van der Waals surface area contributed by atoms with Gasteiger partial charge in [-0.25, -0.2) is 17.2 Å². The first-order chi connectivity index (χ1) is 12.4. The quantitative estimate of drug-likeness (QED) is 0.807. The Bertz CT molecular complexity index is 914. The third-order valence-corrected chi connectivity index (χ3v) is 6.33. The van der Waals surface area contributed by atoms with Gasteiger partial charge in [0.1, 0.15) is 11.6 Å². The third-order valence-electron chi connectivity index (χ3n) is 4.08. The molecule has 0 unspecified atom stereocenters. The highest BCUT2D eigenvalue weighted by Gasteiger charge is 2.29. The average Bonchev–Trinajstić information content (AvgIpc) is 2.63. The Morgan fingerprint density at radius 2 is 1.69 bits per heavy atom. The minimum absolute atomic E-state index is 0.0713. The second-order valence-electron chi connectivity index (χ2n) is 5.76. The standard InChI is InChI=1S/C17H17F2N3O2S2/c18-13-4-3-5-14(12-13)26(23,24)22-10-8-21(9-11-22)17(25)20-16-7-2-1-6-15(16)19/h1-7,12H,8-11H2,(H,20,25). The molecule has 26 heavy (non-hydrogen) atoms. The van der Waals surface area contributed by atoms with Gasteiger partial charge in [-0.2, -0.15) is 4.31 Å². The highest BCUT2D eigenvalue weighted by molar-refractivity contribution is 7.89. The first kappa shape index (κ1) is 18.7. The van der Waals surface area contributed by atoms with Gasteiger partial charge in [-0.05, 0) is 42.5 Å². The van der Waals surface area contributed by atoms with Gasteiger partial charge in [0.2, 0.25) is 10.0 Å². The fourth-order valence-electron chi connectivity index (χ4n) is 2.66. The summed E-state index contributed by atoms with van der Waals surface area (Å²) in [4.78, 5) is 1.71. The van der Waals surface area contributed by atoms with Gasteiger partial charge in [0, 0.05) is 26.2 Å². The molecule has 0 spiro atoms. The van der Waals surface area contributed by atoms with Gasteiger partial charge >= 0.3 is 0 Å². The number of sulfonamides is 1. The number of hydrogen-bond donors (Lipinski definition) is 1. The molecule has 138 valence electrons. The second kappa shape index (κ2) is 7.65. The van der Waals surface area contributed by atoms with Crippen molar-refractivity contribution in [2.45, 2.75) is 4.90 Å². The highest BCUT2D eigenvalue weighted by Crippen LogP contribution is 2.19. The van der Waals surface area contributed by atoms with E-state index in [2.05, 4.69) is 5.32 Å². The summed E-state index contributed by atoms with van der Waals surface area (Å²) in [6, 6.07) is 11.1. The topological polar surface area (TPSA) is 52.7 Å². The Kier molecular flexibility index (Phi) is 5.49. The zero-order chi connectivity index (χ0) is 18.7. The van der Waals surface area contributed by atoms with Gasteiger partial charge in [0.05, 0.1) is 10.6 Å².